The molecule has 0 bridgehead atoms. The van der Waals surface area contributed by atoms with Gasteiger partial charge in [0, 0.05) is 18.3 Å². The number of aliphatic carboxylic acids is 1. The van der Waals surface area contributed by atoms with Crippen molar-refractivity contribution in [1.29, 1.82) is 0 Å². The molecular weight excluding hydrogens is 212 g/mol. The van der Waals surface area contributed by atoms with Crippen LogP contribution in [0.2, 0.25) is 0 Å². The number of rotatable bonds is 4. The fourth-order valence-corrected chi connectivity index (χ4v) is 1.70. The molecule has 6 heteroatoms. The predicted molar refractivity (Wildman–Crippen MR) is 55.9 cm³/mol. The minimum absolute atomic E-state index is 0.491. The lowest BCUT2D eigenvalue weighted by Gasteiger charge is -2.16. The monoisotopic (exact) mass is 228 g/mol. The van der Waals surface area contributed by atoms with Crippen molar-refractivity contribution in [3.05, 3.63) is 17.0 Å². The maximum atomic E-state index is 10.4. The first-order valence-electron chi connectivity index (χ1n) is 4.92. The first-order chi connectivity index (χ1) is 7.34. The van der Waals surface area contributed by atoms with Crippen LogP contribution in [0.3, 0.4) is 0 Å². The maximum Gasteiger partial charge on any atom is 0.306 e. The van der Waals surface area contributed by atoms with E-state index in [0.717, 1.165) is 5.69 Å². The number of aliphatic hydroxyl groups excluding tert-OH is 2. The Hall–Kier alpha value is -1.40. The quantitative estimate of drug-likeness (QED) is 0.669. The summed E-state index contributed by atoms with van der Waals surface area (Å²) >= 11 is 0. The zero-order valence-corrected chi connectivity index (χ0v) is 9.51. The number of hydrogen-bond donors (Lipinski definition) is 3. The van der Waals surface area contributed by atoms with Gasteiger partial charge in [-0.15, -0.1) is 0 Å². The van der Waals surface area contributed by atoms with E-state index in [1.54, 1.807) is 25.6 Å². The third-order valence-electron chi connectivity index (χ3n) is 2.61. The second kappa shape index (κ2) is 4.63. The molecule has 0 aromatic carbocycles. The standard InChI is InChI=1S/C10H16N2O4/c1-5-9(6(2)12(3)11-5)10(16)7(13)4-8(14)15/h7,10,13,16H,4H2,1-3H3,(H,14,15). The lowest BCUT2D eigenvalue weighted by Crippen LogP contribution is -2.22. The summed E-state index contributed by atoms with van der Waals surface area (Å²) in [4.78, 5) is 10.4. The molecule has 0 spiro atoms. The molecule has 0 aliphatic rings. The van der Waals surface area contributed by atoms with Gasteiger partial charge >= 0.3 is 5.97 Å². The van der Waals surface area contributed by atoms with Crippen molar-refractivity contribution < 1.29 is 20.1 Å². The third-order valence-corrected chi connectivity index (χ3v) is 2.61. The molecule has 0 aliphatic heterocycles. The Balaban J connectivity index is 2.95. The SMILES string of the molecule is Cc1nn(C)c(C)c1C(O)C(O)CC(=O)O. The molecule has 90 valence electrons. The lowest BCUT2D eigenvalue weighted by molar-refractivity contribution is -0.141. The third kappa shape index (κ3) is 2.40. The molecule has 0 radical (unpaired) electrons. The van der Waals surface area contributed by atoms with E-state index in [0.29, 0.717) is 11.3 Å². The summed E-state index contributed by atoms with van der Waals surface area (Å²) in [6.45, 7) is 3.46. The Morgan fingerprint density at radius 1 is 1.44 bits per heavy atom. The number of aryl methyl sites for hydroxylation is 2. The molecule has 0 fully saturated rings. The highest BCUT2D eigenvalue weighted by Crippen LogP contribution is 2.25. The van der Waals surface area contributed by atoms with E-state index in [1.165, 1.54) is 0 Å². The molecule has 1 rings (SSSR count). The summed E-state index contributed by atoms with van der Waals surface area (Å²) in [5, 5.41) is 32.0. The molecule has 1 aromatic heterocycles. The van der Waals surface area contributed by atoms with Crippen molar-refractivity contribution in [2.75, 3.05) is 0 Å². The van der Waals surface area contributed by atoms with Crippen LogP contribution in [0.5, 0.6) is 0 Å². The molecule has 2 unspecified atom stereocenters. The van der Waals surface area contributed by atoms with Crippen molar-refractivity contribution in [1.82, 2.24) is 9.78 Å². The first-order valence-corrected chi connectivity index (χ1v) is 4.92. The molecule has 0 saturated carbocycles. The van der Waals surface area contributed by atoms with Gasteiger partial charge in [0.05, 0.1) is 18.2 Å². The average molecular weight is 228 g/mol. The summed E-state index contributed by atoms with van der Waals surface area (Å²) in [5.41, 5.74) is 1.81. The highest BCUT2D eigenvalue weighted by atomic mass is 16.4. The lowest BCUT2D eigenvalue weighted by atomic mass is 10.0. The predicted octanol–water partition coefficient (Wildman–Crippen LogP) is -0.0941. The Morgan fingerprint density at radius 3 is 2.38 bits per heavy atom. The highest BCUT2D eigenvalue weighted by Gasteiger charge is 2.26. The average Bonchev–Trinajstić information content (AvgIpc) is 2.39. The van der Waals surface area contributed by atoms with Gasteiger partial charge < -0.3 is 15.3 Å². The first kappa shape index (κ1) is 12.7. The Labute approximate surface area is 93.1 Å². The topological polar surface area (TPSA) is 95.6 Å². The van der Waals surface area contributed by atoms with Gasteiger partial charge in [-0.3, -0.25) is 9.48 Å². The number of carboxylic acid groups (broad SMARTS) is 1. The van der Waals surface area contributed by atoms with Crippen LogP contribution in [-0.2, 0) is 11.8 Å². The summed E-state index contributed by atoms with van der Waals surface area (Å²) in [7, 11) is 1.72. The molecule has 6 nitrogen and oxygen atoms in total. The normalized spacial score (nSPS) is 14.8. The molecule has 0 saturated heterocycles. The van der Waals surface area contributed by atoms with Crippen molar-refractivity contribution in [3.63, 3.8) is 0 Å². The van der Waals surface area contributed by atoms with Crippen LogP contribution in [0, 0.1) is 13.8 Å². The Kier molecular flexibility index (Phi) is 3.66. The maximum absolute atomic E-state index is 10.4. The highest BCUT2D eigenvalue weighted by molar-refractivity contribution is 5.67. The van der Waals surface area contributed by atoms with E-state index in [1.807, 2.05) is 0 Å². The van der Waals surface area contributed by atoms with Crippen LogP contribution in [0.15, 0.2) is 0 Å². The number of aromatic nitrogens is 2. The summed E-state index contributed by atoms with van der Waals surface area (Å²) in [6.07, 6.45) is -3.03. The van der Waals surface area contributed by atoms with E-state index in [9.17, 15) is 15.0 Å². The molecular formula is C10H16N2O4. The zero-order valence-electron chi connectivity index (χ0n) is 9.51. The Morgan fingerprint density at radius 2 is 2.00 bits per heavy atom. The fourth-order valence-electron chi connectivity index (χ4n) is 1.70. The van der Waals surface area contributed by atoms with E-state index in [2.05, 4.69) is 5.10 Å². The van der Waals surface area contributed by atoms with Gasteiger partial charge in [0.25, 0.3) is 0 Å². The summed E-state index contributed by atoms with van der Waals surface area (Å²) in [5.74, 6) is -1.15. The molecule has 1 aromatic rings. The number of hydrogen-bond acceptors (Lipinski definition) is 4. The van der Waals surface area contributed by atoms with Crippen molar-refractivity contribution in [2.24, 2.45) is 7.05 Å². The summed E-state index contributed by atoms with van der Waals surface area (Å²) in [6, 6.07) is 0. The minimum atomic E-state index is -1.32. The Bertz CT molecular complexity index is 400. The molecule has 1 heterocycles. The van der Waals surface area contributed by atoms with Gasteiger partial charge in [-0.25, -0.2) is 0 Å². The molecule has 3 N–H and O–H groups in total. The van der Waals surface area contributed by atoms with E-state index in [4.69, 9.17) is 5.11 Å². The van der Waals surface area contributed by atoms with Crippen LogP contribution in [0.4, 0.5) is 0 Å². The molecule has 2 atom stereocenters. The molecule has 16 heavy (non-hydrogen) atoms. The smallest absolute Gasteiger partial charge is 0.306 e. The second-order valence-electron chi connectivity index (χ2n) is 3.82. The van der Waals surface area contributed by atoms with Gasteiger partial charge in [-0.1, -0.05) is 0 Å². The summed E-state index contributed by atoms with van der Waals surface area (Å²) < 4.78 is 1.58. The largest absolute Gasteiger partial charge is 0.481 e. The molecule has 0 amide bonds. The van der Waals surface area contributed by atoms with Crippen LogP contribution in [-0.4, -0.2) is 37.2 Å². The van der Waals surface area contributed by atoms with Gasteiger partial charge in [-0.2, -0.15) is 5.10 Å². The second-order valence-corrected chi connectivity index (χ2v) is 3.82. The number of carboxylic acids is 1. The van der Waals surface area contributed by atoms with Crippen LogP contribution >= 0.6 is 0 Å². The van der Waals surface area contributed by atoms with Crippen LogP contribution in [0.25, 0.3) is 0 Å². The van der Waals surface area contributed by atoms with E-state index >= 15 is 0 Å². The van der Waals surface area contributed by atoms with E-state index < -0.39 is 24.6 Å². The van der Waals surface area contributed by atoms with E-state index in [-0.39, 0.29) is 0 Å². The van der Waals surface area contributed by atoms with Gasteiger partial charge in [-0.05, 0) is 13.8 Å². The van der Waals surface area contributed by atoms with Crippen molar-refractivity contribution in [3.8, 4) is 0 Å². The van der Waals surface area contributed by atoms with Crippen LogP contribution < -0.4 is 0 Å². The minimum Gasteiger partial charge on any atom is -0.481 e. The van der Waals surface area contributed by atoms with Gasteiger partial charge in [0.2, 0.25) is 0 Å². The van der Waals surface area contributed by atoms with Gasteiger partial charge in [0.1, 0.15) is 6.10 Å². The van der Waals surface area contributed by atoms with Crippen LogP contribution in [0.1, 0.15) is 29.5 Å². The van der Waals surface area contributed by atoms with Gasteiger partial charge in [0.15, 0.2) is 0 Å². The number of carbonyl (C=O) groups is 1. The zero-order chi connectivity index (χ0) is 12.5. The van der Waals surface area contributed by atoms with Crippen molar-refractivity contribution in [2.45, 2.75) is 32.5 Å². The number of nitrogens with zero attached hydrogens (tertiary/aromatic N) is 2. The number of aliphatic hydroxyl groups is 2. The fraction of sp³-hybridized carbons (Fsp3) is 0.600. The molecule has 0 aliphatic carbocycles. The van der Waals surface area contributed by atoms with Crippen molar-refractivity contribution >= 4 is 5.97 Å².